The molecule has 1 saturated heterocycles. The van der Waals surface area contributed by atoms with Crippen LogP contribution in [0.5, 0.6) is 0 Å². The van der Waals surface area contributed by atoms with Crippen LogP contribution in [0.4, 0.5) is 4.79 Å². The Balaban J connectivity index is 2.48. The van der Waals surface area contributed by atoms with Gasteiger partial charge in [-0.25, -0.2) is 4.79 Å². The minimum Gasteiger partial charge on any atom is -0.480 e. The van der Waals surface area contributed by atoms with Crippen molar-refractivity contribution in [1.29, 1.82) is 0 Å². The van der Waals surface area contributed by atoms with Gasteiger partial charge < -0.3 is 20.8 Å². The van der Waals surface area contributed by atoms with Crippen molar-refractivity contribution in [2.75, 3.05) is 12.4 Å². The molecule has 8 heteroatoms. The van der Waals surface area contributed by atoms with E-state index in [9.17, 15) is 14.4 Å². The summed E-state index contributed by atoms with van der Waals surface area (Å²) < 4.78 is 0. The molecule has 1 aliphatic rings. The largest absolute Gasteiger partial charge is 0.480 e. The number of carbonyl (C=O) groups excluding carboxylic acids is 2. The van der Waals surface area contributed by atoms with Gasteiger partial charge in [0.05, 0.1) is 0 Å². The van der Waals surface area contributed by atoms with E-state index >= 15 is 0 Å². The Kier molecular flexibility index (Phi) is 4.56. The summed E-state index contributed by atoms with van der Waals surface area (Å²) in [4.78, 5) is 33.0. The highest BCUT2D eigenvalue weighted by Gasteiger charge is 2.30. The Morgan fingerprint density at radius 2 is 2.31 bits per heavy atom. The van der Waals surface area contributed by atoms with Crippen LogP contribution >= 0.6 is 11.8 Å². The van der Waals surface area contributed by atoms with Crippen LogP contribution in [0.15, 0.2) is 0 Å². The van der Waals surface area contributed by atoms with E-state index in [4.69, 9.17) is 10.2 Å². The summed E-state index contributed by atoms with van der Waals surface area (Å²) in [5.41, 5.74) is 0. The molecular formula is C8H12N2O5S. The molecule has 7 nitrogen and oxygen atoms in total. The van der Waals surface area contributed by atoms with Crippen LogP contribution in [0.3, 0.4) is 0 Å². The molecule has 0 spiro atoms. The summed E-state index contributed by atoms with van der Waals surface area (Å²) in [5, 5.41) is 21.7. The van der Waals surface area contributed by atoms with Crippen LogP contribution in [0, 0.1) is 0 Å². The average Bonchev–Trinajstić information content (AvgIpc) is 2.64. The smallest absolute Gasteiger partial charge is 0.326 e. The number of aliphatic hydroxyl groups excluding tert-OH is 1. The van der Waals surface area contributed by atoms with Crippen molar-refractivity contribution in [2.45, 2.75) is 18.5 Å². The molecular weight excluding hydrogens is 236 g/mol. The van der Waals surface area contributed by atoms with E-state index in [0.717, 1.165) is 11.8 Å². The number of carbonyl (C=O) groups is 3. The maximum atomic E-state index is 11.5. The summed E-state index contributed by atoms with van der Waals surface area (Å²) in [5.74, 6) is -1.46. The first-order valence-corrected chi connectivity index (χ1v) is 5.60. The molecule has 1 rings (SSSR count). The predicted octanol–water partition coefficient (Wildman–Crippen LogP) is -1.24. The summed E-state index contributed by atoms with van der Waals surface area (Å²) in [6.07, 6.45) is -0.0606. The van der Waals surface area contributed by atoms with Crippen molar-refractivity contribution in [2.24, 2.45) is 0 Å². The molecule has 0 aromatic rings. The Bertz CT molecular complexity index is 309. The van der Waals surface area contributed by atoms with Gasteiger partial charge in [-0.2, -0.15) is 0 Å². The molecule has 1 fully saturated rings. The van der Waals surface area contributed by atoms with Crippen LogP contribution < -0.4 is 10.6 Å². The molecule has 1 heterocycles. The Morgan fingerprint density at radius 3 is 2.75 bits per heavy atom. The number of aliphatic carboxylic acids is 1. The van der Waals surface area contributed by atoms with Crippen LogP contribution in [0.25, 0.3) is 0 Å². The van der Waals surface area contributed by atoms with Gasteiger partial charge in [-0.3, -0.25) is 9.59 Å². The first kappa shape index (κ1) is 12.8. The van der Waals surface area contributed by atoms with Crippen molar-refractivity contribution < 1.29 is 24.6 Å². The zero-order valence-corrected chi connectivity index (χ0v) is 9.12. The SMILES string of the molecule is O=C1NC(C(=O)N[C@H](CCO)C(=O)O)CS1. The Hall–Kier alpha value is -1.28. The summed E-state index contributed by atoms with van der Waals surface area (Å²) in [7, 11) is 0. The van der Waals surface area contributed by atoms with Gasteiger partial charge in [0.1, 0.15) is 12.1 Å². The number of hydrogen-bond donors (Lipinski definition) is 4. The molecule has 1 aliphatic heterocycles. The third-order valence-electron chi connectivity index (χ3n) is 2.02. The quantitative estimate of drug-likeness (QED) is 0.484. The second-order valence-corrected chi connectivity index (χ2v) is 4.20. The molecule has 0 bridgehead atoms. The van der Waals surface area contributed by atoms with E-state index in [1.165, 1.54) is 0 Å². The van der Waals surface area contributed by atoms with Crippen LogP contribution in [0.2, 0.25) is 0 Å². The topological polar surface area (TPSA) is 116 Å². The van der Waals surface area contributed by atoms with Crippen molar-refractivity contribution in [3.8, 4) is 0 Å². The van der Waals surface area contributed by atoms with Gasteiger partial charge in [-0.15, -0.1) is 0 Å². The predicted molar refractivity (Wildman–Crippen MR) is 56.0 cm³/mol. The third-order valence-corrected chi connectivity index (χ3v) is 2.90. The van der Waals surface area contributed by atoms with Crippen LogP contribution in [-0.4, -0.2) is 51.8 Å². The number of rotatable bonds is 5. The fraction of sp³-hybridized carbons (Fsp3) is 0.625. The van der Waals surface area contributed by atoms with E-state index in [-0.39, 0.29) is 24.0 Å². The number of amides is 2. The van der Waals surface area contributed by atoms with Crippen molar-refractivity contribution in [3.63, 3.8) is 0 Å². The first-order chi connectivity index (χ1) is 7.54. The third kappa shape index (κ3) is 3.38. The maximum Gasteiger partial charge on any atom is 0.326 e. The van der Waals surface area contributed by atoms with Gasteiger partial charge in [-0.1, -0.05) is 11.8 Å². The molecule has 2 atom stereocenters. The Labute approximate surface area is 95.6 Å². The summed E-state index contributed by atoms with van der Waals surface area (Å²) in [6, 6.07) is -1.82. The monoisotopic (exact) mass is 248 g/mol. The van der Waals surface area contributed by atoms with Gasteiger partial charge in [0.2, 0.25) is 5.91 Å². The van der Waals surface area contributed by atoms with Crippen LogP contribution in [0.1, 0.15) is 6.42 Å². The van der Waals surface area contributed by atoms with Crippen molar-refractivity contribution >= 4 is 28.9 Å². The molecule has 0 aromatic heterocycles. The highest BCUT2D eigenvalue weighted by Crippen LogP contribution is 2.13. The van der Waals surface area contributed by atoms with E-state index in [1.807, 2.05) is 0 Å². The maximum absolute atomic E-state index is 11.5. The number of nitrogens with one attached hydrogen (secondary N) is 2. The second-order valence-electron chi connectivity index (χ2n) is 3.21. The van der Waals surface area contributed by atoms with Gasteiger partial charge >= 0.3 is 5.97 Å². The molecule has 90 valence electrons. The molecule has 4 N–H and O–H groups in total. The summed E-state index contributed by atoms with van der Waals surface area (Å²) >= 11 is 0.975. The van der Waals surface area contributed by atoms with E-state index in [0.29, 0.717) is 0 Å². The van der Waals surface area contributed by atoms with Gasteiger partial charge in [0.25, 0.3) is 5.24 Å². The van der Waals surface area contributed by atoms with Crippen molar-refractivity contribution in [3.05, 3.63) is 0 Å². The van der Waals surface area contributed by atoms with Gasteiger partial charge in [0.15, 0.2) is 0 Å². The lowest BCUT2D eigenvalue weighted by molar-refractivity contribution is -0.142. The number of carboxylic acids is 1. The number of thioether (sulfide) groups is 1. The zero-order chi connectivity index (χ0) is 12.1. The lowest BCUT2D eigenvalue weighted by Crippen LogP contribution is -2.49. The molecule has 0 saturated carbocycles. The number of carboxylic acid groups (broad SMARTS) is 1. The minimum absolute atomic E-state index is 0.0606. The minimum atomic E-state index is -1.21. The number of hydrogen-bond acceptors (Lipinski definition) is 5. The fourth-order valence-corrected chi connectivity index (χ4v) is 1.96. The lowest BCUT2D eigenvalue weighted by atomic mass is 10.2. The summed E-state index contributed by atoms with van der Waals surface area (Å²) in [6.45, 7) is -0.330. The fourth-order valence-electron chi connectivity index (χ4n) is 1.18. The first-order valence-electron chi connectivity index (χ1n) is 4.62. The molecule has 0 aliphatic carbocycles. The van der Waals surface area contributed by atoms with Gasteiger partial charge in [0, 0.05) is 18.8 Å². The van der Waals surface area contributed by atoms with Crippen LogP contribution in [-0.2, 0) is 9.59 Å². The molecule has 0 radical (unpaired) electrons. The molecule has 0 aromatic carbocycles. The average molecular weight is 248 g/mol. The molecule has 1 unspecified atom stereocenters. The molecule has 2 amide bonds. The standard InChI is InChI=1S/C8H12N2O5S/c11-2-1-4(7(13)14)9-6(12)5-3-16-8(15)10-5/h4-5,11H,1-3H2,(H,9,12)(H,10,15)(H,13,14)/t4-,5?/m1/s1. The highest BCUT2D eigenvalue weighted by atomic mass is 32.2. The Morgan fingerprint density at radius 1 is 1.62 bits per heavy atom. The lowest BCUT2D eigenvalue weighted by Gasteiger charge is -2.15. The van der Waals surface area contributed by atoms with E-state index < -0.39 is 24.0 Å². The molecule has 16 heavy (non-hydrogen) atoms. The highest BCUT2D eigenvalue weighted by molar-refractivity contribution is 8.14. The number of aliphatic hydroxyl groups is 1. The van der Waals surface area contributed by atoms with E-state index in [2.05, 4.69) is 10.6 Å². The van der Waals surface area contributed by atoms with Gasteiger partial charge in [-0.05, 0) is 0 Å². The second kappa shape index (κ2) is 5.71. The zero-order valence-electron chi connectivity index (χ0n) is 8.30. The normalized spacial score (nSPS) is 21.3. The van der Waals surface area contributed by atoms with Crippen molar-refractivity contribution in [1.82, 2.24) is 10.6 Å². The van der Waals surface area contributed by atoms with E-state index in [1.54, 1.807) is 0 Å².